The summed E-state index contributed by atoms with van der Waals surface area (Å²) in [5, 5.41) is 3.48. The molecule has 0 amide bonds. The van der Waals surface area contributed by atoms with Crippen molar-refractivity contribution >= 4 is 24.1 Å². The number of nitrogens with one attached hydrogen (secondary N) is 1. The maximum Gasteiger partial charge on any atom is 0.292 e. The number of hydrogen-bond acceptors (Lipinski definition) is 6. The van der Waals surface area contributed by atoms with Crippen molar-refractivity contribution in [2.24, 2.45) is 11.3 Å². The first-order valence-electron chi connectivity index (χ1n) is 7.06. The van der Waals surface area contributed by atoms with Gasteiger partial charge in [0.25, 0.3) is 11.8 Å². The second-order valence-corrected chi connectivity index (χ2v) is 7.09. The van der Waals surface area contributed by atoms with Gasteiger partial charge in [0, 0.05) is 24.8 Å². The minimum atomic E-state index is -0.206. The molecule has 2 saturated carbocycles. The van der Waals surface area contributed by atoms with E-state index in [2.05, 4.69) is 21.0 Å². The summed E-state index contributed by atoms with van der Waals surface area (Å²) in [5.74, 6) is 1.91. The zero-order valence-corrected chi connectivity index (χ0v) is 13.2. The van der Waals surface area contributed by atoms with Gasteiger partial charge in [-0.25, -0.2) is 0 Å². The van der Waals surface area contributed by atoms with Gasteiger partial charge in [0.2, 0.25) is 0 Å². The summed E-state index contributed by atoms with van der Waals surface area (Å²) in [6, 6.07) is 0. The van der Waals surface area contributed by atoms with Crippen LogP contribution >= 0.6 is 24.1 Å². The van der Waals surface area contributed by atoms with Crippen molar-refractivity contribution in [1.29, 1.82) is 0 Å². The number of nitrogens with zero attached hydrogens (tertiary/aromatic N) is 2. The second kappa shape index (κ2) is 5.00. The maximum atomic E-state index is 6.11. The summed E-state index contributed by atoms with van der Waals surface area (Å²) >= 11 is 1.17. The average Bonchev–Trinajstić information content (AvgIpc) is 2.84. The molecule has 2 bridgehead atoms. The van der Waals surface area contributed by atoms with E-state index in [1.54, 1.807) is 0 Å². The molecule has 0 spiro atoms. The molecule has 2 aliphatic carbocycles. The SMILES string of the molecule is CC1(COc2nsnc2OC23CCC(CN2)C3)CC1.Cl. The third-order valence-electron chi connectivity index (χ3n) is 4.67. The molecule has 0 radical (unpaired) electrons. The molecular weight excluding hydrogens is 298 g/mol. The number of rotatable bonds is 5. The lowest BCUT2D eigenvalue weighted by molar-refractivity contribution is 0.0470. The summed E-state index contributed by atoms with van der Waals surface area (Å²) in [6.45, 7) is 4.02. The highest BCUT2D eigenvalue weighted by atomic mass is 35.5. The normalized spacial score (nSPS) is 32.8. The van der Waals surface area contributed by atoms with Gasteiger partial charge in [-0.3, -0.25) is 5.32 Å². The second-order valence-electron chi connectivity index (χ2n) is 6.56. The Hall–Kier alpha value is -0.590. The predicted molar refractivity (Wildman–Crippen MR) is 78.7 cm³/mol. The van der Waals surface area contributed by atoms with Gasteiger partial charge in [-0.1, -0.05) is 6.92 Å². The van der Waals surface area contributed by atoms with Crippen LogP contribution in [0.25, 0.3) is 0 Å². The highest BCUT2D eigenvalue weighted by Gasteiger charge is 2.47. The van der Waals surface area contributed by atoms with Gasteiger partial charge in [0.05, 0.1) is 18.3 Å². The van der Waals surface area contributed by atoms with Crippen LogP contribution in [-0.2, 0) is 0 Å². The van der Waals surface area contributed by atoms with Crippen LogP contribution in [0.1, 0.15) is 39.0 Å². The minimum Gasteiger partial charge on any atom is -0.473 e. The van der Waals surface area contributed by atoms with Crippen LogP contribution in [0.5, 0.6) is 11.8 Å². The highest BCUT2D eigenvalue weighted by molar-refractivity contribution is 6.99. The zero-order chi connectivity index (χ0) is 12.9. The fraction of sp³-hybridized carbons (Fsp3) is 0.846. The Morgan fingerprint density at radius 2 is 2.10 bits per heavy atom. The van der Waals surface area contributed by atoms with E-state index in [-0.39, 0.29) is 18.1 Å². The van der Waals surface area contributed by atoms with Gasteiger partial charge in [0.1, 0.15) is 0 Å². The van der Waals surface area contributed by atoms with Gasteiger partial charge in [-0.15, -0.1) is 21.2 Å². The first-order valence-corrected chi connectivity index (χ1v) is 7.79. The molecule has 4 rings (SSSR count). The Kier molecular flexibility index (Phi) is 3.59. The summed E-state index contributed by atoms with van der Waals surface area (Å²) in [4.78, 5) is 0. The smallest absolute Gasteiger partial charge is 0.292 e. The third-order valence-corrected chi connectivity index (χ3v) is 5.17. The Morgan fingerprint density at radius 3 is 2.70 bits per heavy atom. The zero-order valence-electron chi connectivity index (χ0n) is 11.6. The Morgan fingerprint density at radius 1 is 1.30 bits per heavy atom. The molecule has 0 aromatic carbocycles. The van der Waals surface area contributed by atoms with Crippen molar-refractivity contribution in [2.75, 3.05) is 13.2 Å². The molecule has 3 aliphatic rings. The van der Waals surface area contributed by atoms with Crippen LogP contribution in [-0.4, -0.2) is 27.6 Å². The Bertz CT molecular complexity index is 484. The molecule has 2 atom stereocenters. The molecule has 1 aromatic heterocycles. The largest absolute Gasteiger partial charge is 0.473 e. The summed E-state index contributed by atoms with van der Waals surface area (Å²) < 4.78 is 20.4. The fourth-order valence-electron chi connectivity index (χ4n) is 3.01. The molecule has 1 aliphatic heterocycles. The summed E-state index contributed by atoms with van der Waals surface area (Å²) in [7, 11) is 0. The first kappa shape index (κ1) is 14.4. The van der Waals surface area contributed by atoms with E-state index in [1.807, 2.05) is 0 Å². The molecule has 1 N–H and O–H groups in total. The van der Waals surface area contributed by atoms with E-state index in [0.717, 1.165) is 31.9 Å². The van der Waals surface area contributed by atoms with Crippen molar-refractivity contribution in [1.82, 2.24) is 14.1 Å². The Labute approximate surface area is 129 Å². The molecular formula is C13H20ClN3O2S. The maximum absolute atomic E-state index is 6.11. The van der Waals surface area contributed by atoms with Gasteiger partial charge >= 0.3 is 0 Å². The quantitative estimate of drug-likeness (QED) is 0.904. The first-order chi connectivity index (χ1) is 9.17. The van der Waals surface area contributed by atoms with Crippen LogP contribution in [0.2, 0.25) is 0 Å². The molecule has 2 unspecified atom stereocenters. The number of fused-ring (bicyclic) bond motifs is 2. The van der Waals surface area contributed by atoms with Crippen molar-refractivity contribution in [3.05, 3.63) is 0 Å². The molecule has 20 heavy (non-hydrogen) atoms. The number of piperidine rings is 1. The van der Waals surface area contributed by atoms with Crippen LogP contribution in [0, 0.1) is 11.3 Å². The van der Waals surface area contributed by atoms with E-state index >= 15 is 0 Å². The summed E-state index contributed by atoms with van der Waals surface area (Å²) in [6.07, 6.45) is 5.88. The van der Waals surface area contributed by atoms with Crippen molar-refractivity contribution < 1.29 is 9.47 Å². The molecule has 112 valence electrons. The number of aromatic nitrogens is 2. The third kappa shape index (κ3) is 2.61. The Balaban J connectivity index is 0.00000121. The predicted octanol–water partition coefficient (Wildman–Crippen LogP) is 2.62. The van der Waals surface area contributed by atoms with Crippen LogP contribution in [0.3, 0.4) is 0 Å². The van der Waals surface area contributed by atoms with E-state index in [1.165, 1.54) is 31.0 Å². The van der Waals surface area contributed by atoms with Gasteiger partial charge < -0.3 is 9.47 Å². The van der Waals surface area contributed by atoms with Gasteiger partial charge in [-0.2, -0.15) is 0 Å². The molecule has 3 fully saturated rings. The highest BCUT2D eigenvalue weighted by Crippen LogP contribution is 2.46. The van der Waals surface area contributed by atoms with Crippen LogP contribution < -0.4 is 14.8 Å². The fourth-order valence-corrected chi connectivity index (χ4v) is 3.45. The lowest BCUT2D eigenvalue weighted by Crippen LogP contribution is -2.45. The van der Waals surface area contributed by atoms with E-state index in [0.29, 0.717) is 17.2 Å². The monoisotopic (exact) mass is 317 g/mol. The summed E-state index contributed by atoms with van der Waals surface area (Å²) in [5.41, 5.74) is 0.144. The topological polar surface area (TPSA) is 56.3 Å². The number of hydrogen-bond donors (Lipinski definition) is 1. The standard InChI is InChI=1S/C13H19N3O2S.ClH/c1-12(4-5-12)8-17-10-11(16-19-15-10)18-13-3-2-9(6-13)7-14-13;/h9,14H,2-8H2,1H3;1H. The average molecular weight is 318 g/mol. The van der Waals surface area contributed by atoms with Crippen molar-refractivity contribution in [3.8, 4) is 11.8 Å². The molecule has 2 heterocycles. The van der Waals surface area contributed by atoms with E-state index in [4.69, 9.17) is 9.47 Å². The van der Waals surface area contributed by atoms with Crippen molar-refractivity contribution in [2.45, 2.75) is 44.8 Å². The van der Waals surface area contributed by atoms with Gasteiger partial charge in [0.15, 0.2) is 5.72 Å². The van der Waals surface area contributed by atoms with Crippen LogP contribution in [0.15, 0.2) is 0 Å². The molecule has 7 heteroatoms. The lowest BCUT2D eigenvalue weighted by Gasteiger charge is -2.27. The minimum absolute atomic E-state index is 0. The van der Waals surface area contributed by atoms with Crippen LogP contribution in [0.4, 0.5) is 0 Å². The molecule has 1 aromatic rings. The van der Waals surface area contributed by atoms with E-state index in [9.17, 15) is 0 Å². The van der Waals surface area contributed by atoms with Crippen molar-refractivity contribution in [3.63, 3.8) is 0 Å². The molecule has 1 saturated heterocycles. The number of ether oxygens (including phenoxy) is 2. The lowest BCUT2D eigenvalue weighted by atomic mass is 10.1. The number of halogens is 1. The van der Waals surface area contributed by atoms with Gasteiger partial charge in [-0.05, 0) is 25.2 Å². The van der Waals surface area contributed by atoms with E-state index < -0.39 is 0 Å². The molecule has 5 nitrogen and oxygen atoms in total.